The van der Waals surface area contributed by atoms with E-state index in [1.807, 2.05) is 6.92 Å². The molecule has 0 bridgehead atoms. The van der Waals surface area contributed by atoms with Gasteiger partial charge in [0.25, 0.3) is 0 Å². The minimum absolute atomic E-state index is 0.0788. The van der Waals surface area contributed by atoms with Crippen molar-refractivity contribution in [3.8, 4) is 0 Å². The third-order valence-electron chi connectivity index (χ3n) is 3.56. The second-order valence-corrected chi connectivity index (χ2v) is 7.68. The Balaban J connectivity index is 2.19. The van der Waals surface area contributed by atoms with Gasteiger partial charge in [0, 0.05) is 37.1 Å². The van der Waals surface area contributed by atoms with Crippen LogP contribution < -0.4 is 0 Å². The van der Waals surface area contributed by atoms with Gasteiger partial charge in [0.1, 0.15) is 0 Å². The Morgan fingerprint density at radius 1 is 1.19 bits per heavy atom. The van der Waals surface area contributed by atoms with Crippen LogP contribution >= 0.6 is 15.9 Å². The molecule has 1 aliphatic rings. The van der Waals surface area contributed by atoms with Crippen molar-refractivity contribution >= 4 is 31.9 Å². The molecular weight excluding hydrogens is 356 g/mol. The van der Waals surface area contributed by atoms with Crippen LogP contribution in [0, 0.1) is 0 Å². The van der Waals surface area contributed by atoms with Crippen LogP contribution in [0.5, 0.6) is 0 Å². The number of carbonyl (C=O) groups excluding carboxylic acids is 1. The molecule has 0 spiro atoms. The number of hydrogen-bond acceptors (Lipinski definition) is 3. The maximum absolute atomic E-state index is 12.7. The number of carbonyl (C=O) groups is 1. The van der Waals surface area contributed by atoms with Crippen molar-refractivity contribution in [2.24, 2.45) is 0 Å². The predicted octanol–water partition coefficient (Wildman–Crippen LogP) is 2.08. The van der Waals surface area contributed by atoms with Gasteiger partial charge in [-0.3, -0.25) is 4.79 Å². The molecule has 1 saturated heterocycles. The number of amides is 1. The molecule has 0 saturated carbocycles. The second kappa shape index (κ2) is 6.89. The van der Waals surface area contributed by atoms with Gasteiger partial charge in [-0.15, -0.1) is 0 Å². The number of rotatable bonds is 3. The van der Waals surface area contributed by atoms with Gasteiger partial charge in [-0.2, -0.15) is 4.31 Å². The summed E-state index contributed by atoms with van der Waals surface area (Å²) in [6, 6.07) is 6.81. The highest BCUT2D eigenvalue weighted by Crippen LogP contribution is 2.25. The van der Waals surface area contributed by atoms with E-state index >= 15 is 0 Å². The number of sulfonamides is 1. The van der Waals surface area contributed by atoms with Crippen molar-refractivity contribution in [1.29, 1.82) is 0 Å². The number of benzene rings is 1. The number of nitrogens with zero attached hydrogens (tertiary/aromatic N) is 2. The fraction of sp³-hybridized carbons (Fsp3) is 0.500. The number of halogens is 1. The fourth-order valence-electron chi connectivity index (χ4n) is 2.40. The maximum atomic E-state index is 12.7. The fourth-order valence-corrected chi connectivity index (χ4v) is 4.83. The molecule has 0 radical (unpaired) electrons. The van der Waals surface area contributed by atoms with Gasteiger partial charge in [-0.1, -0.05) is 19.1 Å². The van der Waals surface area contributed by atoms with Crippen molar-refractivity contribution in [2.45, 2.75) is 24.7 Å². The molecule has 1 aliphatic heterocycles. The van der Waals surface area contributed by atoms with E-state index in [4.69, 9.17) is 0 Å². The van der Waals surface area contributed by atoms with Crippen LogP contribution in [-0.4, -0.2) is 49.7 Å². The highest BCUT2D eigenvalue weighted by Gasteiger charge is 2.29. The normalized spacial score (nSPS) is 17.5. The third-order valence-corrected chi connectivity index (χ3v) is 6.48. The quantitative estimate of drug-likeness (QED) is 0.813. The lowest BCUT2D eigenvalue weighted by Gasteiger charge is -2.22. The van der Waals surface area contributed by atoms with Crippen molar-refractivity contribution in [3.05, 3.63) is 28.7 Å². The summed E-state index contributed by atoms with van der Waals surface area (Å²) < 4.78 is 27.4. The van der Waals surface area contributed by atoms with Gasteiger partial charge >= 0.3 is 0 Å². The van der Waals surface area contributed by atoms with Crippen LogP contribution in [0.25, 0.3) is 0 Å². The van der Waals surface area contributed by atoms with Crippen LogP contribution in [-0.2, 0) is 14.8 Å². The van der Waals surface area contributed by atoms with Gasteiger partial charge in [0.15, 0.2) is 0 Å². The second-order valence-electron chi connectivity index (χ2n) is 4.92. The van der Waals surface area contributed by atoms with Crippen LogP contribution in [0.2, 0.25) is 0 Å². The molecule has 1 aromatic rings. The summed E-state index contributed by atoms with van der Waals surface area (Å²) in [5.41, 5.74) is 0. The minimum atomic E-state index is -3.52. The van der Waals surface area contributed by atoms with E-state index in [1.165, 1.54) is 4.31 Å². The molecular formula is C14H19BrN2O3S. The van der Waals surface area contributed by atoms with Gasteiger partial charge in [-0.05, 0) is 34.5 Å². The first-order valence-corrected chi connectivity index (χ1v) is 9.22. The lowest BCUT2D eigenvalue weighted by Crippen LogP contribution is -2.37. The molecule has 0 aliphatic carbocycles. The maximum Gasteiger partial charge on any atom is 0.244 e. The van der Waals surface area contributed by atoms with Crippen molar-refractivity contribution in [1.82, 2.24) is 9.21 Å². The molecule has 21 heavy (non-hydrogen) atoms. The summed E-state index contributed by atoms with van der Waals surface area (Å²) in [6.07, 6.45) is 1.12. The molecule has 1 amide bonds. The smallest absolute Gasteiger partial charge is 0.244 e. The first-order chi connectivity index (χ1) is 9.96. The first-order valence-electron chi connectivity index (χ1n) is 6.99. The molecule has 0 N–H and O–H groups in total. The Kier molecular flexibility index (Phi) is 5.40. The molecule has 2 rings (SSSR count). The first kappa shape index (κ1) is 16.5. The Morgan fingerprint density at radius 2 is 1.90 bits per heavy atom. The van der Waals surface area contributed by atoms with Crippen molar-refractivity contribution in [2.75, 3.05) is 26.2 Å². The molecule has 1 aromatic carbocycles. The summed E-state index contributed by atoms with van der Waals surface area (Å²) in [7, 11) is -3.52. The summed E-state index contributed by atoms with van der Waals surface area (Å²) >= 11 is 3.29. The third kappa shape index (κ3) is 3.64. The molecule has 0 aromatic heterocycles. The lowest BCUT2D eigenvalue weighted by atomic mass is 10.3. The predicted molar refractivity (Wildman–Crippen MR) is 84.4 cm³/mol. The van der Waals surface area contributed by atoms with Gasteiger partial charge < -0.3 is 4.90 Å². The average Bonchev–Trinajstić information content (AvgIpc) is 2.73. The monoisotopic (exact) mass is 374 g/mol. The highest BCUT2D eigenvalue weighted by molar-refractivity contribution is 9.10. The summed E-state index contributed by atoms with van der Waals surface area (Å²) in [5, 5.41) is 0. The van der Waals surface area contributed by atoms with E-state index < -0.39 is 10.0 Å². The van der Waals surface area contributed by atoms with Crippen LogP contribution in [0.1, 0.15) is 19.8 Å². The molecule has 0 atom stereocenters. The minimum Gasteiger partial charge on any atom is -0.341 e. The Labute approximate surface area is 134 Å². The van der Waals surface area contributed by atoms with Crippen molar-refractivity contribution < 1.29 is 13.2 Å². The van der Waals surface area contributed by atoms with Crippen molar-refractivity contribution in [3.63, 3.8) is 0 Å². The van der Waals surface area contributed by atoms with Crippen LogP contribution in [0.4, 0.5) is 0 Å². The van der Waals surface area contributed by atoms with E-state index in [0.29, 0.717) is 43.5 Å². The summed E-state index contributed by atoms with van der Waals surface area (Å²) in [6.45, 7) is 3.68. The molecule has 1 heterocycles. The standard InChI is InChI=1S/C14H19BrN2O3S/c1-2-14(18)16-8-5-9-17(11-10-16)21(19,20)13-7-4-3-6-12(13)15/h3-4,6-7H,2,5,8-11H2,1H3. The zero-order valence-corrected chi connectivity index (χ0v) is 14.4. The Hall–Kier alpha value is -0.920. The zero-order valence-electron chi connectivity index (χ0n) is 12.0. The average molecular weight is 375 g/mol. The molecule has 1 fully saturated rings. The van der Waals surface area contributed by atoms with Crippen LogP contribution in [0.15, 0.2) is 33.6 Å². The SMILES string of the molecule is CCC(=O)N1CCCN(S(=O)(=O)c2ccccc2Br)CC1. The Morgan fingerprint density at radius 3 is 2.57 bits per heavy atom. The zero-order chi connectivity index (χ0) is 15.5. The molecule has 0 unspecified atom stereocenters. The van der Waals surface area contributed by atoms with E-state index in [-0.39, 0.29) is 10.8 Å². The number of hydrogen-bond donors (Lipinski definition) is 0. The van der Waals surface area contributed by atoms with E-state index in [9.17, 15) is 13.2 Å². The van der Waals surface area contributed by atoms with E-state index in [2.05, 4.69) is 15.9 Å². The molecule has 5 nitrogen and oxygen atoms in total. The van der Waals surface area contributed by atoms with Gasteiger partial charge in [0.2, 0.25) is 15.9 Å². The van der Waals surface area contributed by atoms with E-state index in [0.717, 1.165) is 0 Å². The lowest BCUT2D eigenvalue weighted by molar-refractivity contribution is -0.130. The van der Waals surface area contributed by atoms with Gasteiger partial charge in [0.05, 0.1) is 4.90 Å². The molecule has 116 valence electrons. The van der Waals surface area contributed by atoms with E-state index in [1.54, 1.807) is 29.2 Å². The Bertz CT molecular complexity index is 618. The van der Waals surface area contributed by atoms with Crippen LogP contribution in [0.3, 0.4) is 0 Å². The summed E-state index contributed by atoms with van der Waals surface area (Å²) in [4.78, 5) is 13.8. The largest absolute Gasteiger partial charge is 0.341 e. The van der Waals surface area contributed by atoms with Gasteiger partial charge in [-0.25, -0.2) is 8.42 Å². The summed E-state index contributed by atoms with van der Waals surface area (Å²) in [5.74, 6) is 0.0788. The highest BCUT2D eigenvalue weighted by atomic mass is 79.9. The topological polar surface area (TPSA) is 57.7 Å². The molecule has 7 heteroatoms.